The lowest BCUT2D eigenvalue weighted by atomic mass is 10.1. The average molecular weight is 1080 g/mol. The van der Waals surface area contributed by atoms with Gasteiger partial charge in [0.2, 0.25) is 0 Å². The summed E-state index contributed by atoms with van der Waals surface area (Å²) < 4.78 is 38.9. The molecule has 5 aromatic carbocycles. The number of aromatic nitrogens is 4. The fourth-order valence-corrected chi connectivity index (χ4v) is 18.9. The zero-order valence-electron chi connectivity index (χ0n) is 41.9. The standard InChI is InChI=1S/C36H26N2S3.C26H16N2O3S3/c1-19-5-10-23(11-6-19)37-28-15-20(2)7-12-24(28)35-34(37)27-17-29-26(18-31(27)41-35)36-33(38(29)32-14-9-22(4)39-32)25-13-8-21(3)16-30(25)40-36;1-9-5-14-24(32-9)19-22(30-14)21-17(27(19)3)11-8-16-12(7-13(11)29-21)18-26(34-16)23-20(28(18)4)25-15(31-23)6-10(2)33-25/h5-18H,1-4H3;5-8H,1-4H3. The molecule has 13 aromatic heterocycles. The summed E-state index contributed by atoms with van der Waals surface area (Å²) in [5.41, 5.74) is 20.4. The predicted octanol–water partition coefficient (Wildman–Crippen LogP) is 20.8. The second-order valence-electron chi connectivity index (χ2n) is 20.5. The monoisotopic (exact) mass is 1080 g/mol. The SMILES string of the molecule is Cc1cc2oc3c4oc5cc6c(cc5c4n(C)c3c2s1)sc1c2oc3cc(C)sc3c2n(C)c61.Cc1ccc(-n2c3cc(C)ccc3c3sc4cc5c6sc7cc(C)ccc7c6n(-c6ccc(C)s6)c5cc4c32)cc1. The fraction of sp³-hybridized carbons (Fsp3) is 0.129. The van der Waals surface area contributed by atoms with E-state index in [-0.39, 0.29) is 0 Å². The van der Waals surface area contributed by atoms with Crippen LogP contribution in [0.3, 0.4) is 0 Å². The first-order valence-corrected chi connectivity index (χ1v) is 29.9. The van der Waals surface area contributed by atoms with Gasteiger partial charge in [0.1, 0.15) is 32.8 Å². The zero-order chi connectivity index (χ0) is 50.2. The molecule has 13 heterocycles. The van der Waals surface area contributed by atoms with Crippen molar-refractivity contribution in [1.82, 2.24) is 18.3 Å². The summed E-state index contributed by atoms with van der Waals surface area (Å²) in [6.45, 7) is 13.0. The highest BCUT2D eigenvalue weighted by atomic mass is 32.1. The van der Waals surface area contributed by atoms with Gasteiger partial charge in [-0.1, -0.05) is 42.0 Å². The van der Waals surface area contributed by atoms with Gasteiger partial charge in [0.25, 0.3) is 0 Å². The topological polar surface area (TPSA) is 59.1 Å². The third-order valence-corrected chi connectivity index (χ3v) is 22.1. The first kappa shape index (κ1) is 43.2. The molecule has 7 nitrogen and oxygen atoms in total. The van der Waals surface area contributed by atoms with Crippen LogP contribution in [0.1, 0.15) is 31.3 Å². The minimum Gasteiger partial charge on any atom is -0.452 e. The highest BCUT2D eigenvalue weighted by Gasteiger charge is 2.28. The Kier molecular flexibility index (Phi) is 8.54. The van der Waals surface area contributed by atoms with E-state index in [4.69, 9.17) is 13.3 Å². The number of furan rings is 3. The van der Waals surface area contributed by atoms with E-state index in [1.165, 1.54) is 140 Å². The molecule has 0 aliphatic carbocycles. The van der Waals surface area contributed by atoms with Gasteiger partial charge >= 0.3 is 0 Å². The summed E-state index contributed by atoms with van der Waals surface area (Å²) in [5, 5.41) is 8.95. The number of benzene rings is 5. The Morgan fingerprint density at radius 2 is 0.893 bits per heavy atom. The van der Waals surface area contributed by atoms with Crippen LogP contribution < -0.4 is 0 Å². The Bertz CT molecular complexity index is 5360. The number of rotatable bonds is 2. The van der Waals surface area contributed by atoms with Crippen LogP contribution in [0.25, 0.3) is 158 Å². The van der Waals surface area contributed by atoms with Gasteiger partial charge in [-0.15, -0.1) is 68.0 Å². The van der Waals surface area contributed by atoms with Crippen LogP contribution in [0.2, 0.25) is 0 Å². The smallest absolute Gasteiger partial charge is 0.197 e. The van der Waals surface area contributed by atoms with Gasteiger partial charge in [-0.05, 0) is 125 Å². The minimum atomic E-state index is 0.832. The van der Waals surface area contributed by atoms with E-state index >= 15 is 0 Å². The molecule has 0 saturated heterocycles. The maximum atomic E-state index is 6.48. The van der Waals surface area contributed by atoms with Crippen molar-refractivity contribution in [1.29, 1.82) is 0 Å². The number of aryl methyl sites for hydroxylation is 8. The third kappa shape index (κ3) is 5.72. The first-order chi connectivity index (χ1) is 36.4. The molecule has 0 N–H and O–H groups in total. The van der Waals surface area contributed by atoms with E-state index in [1.807, 2.05) is 34.0 Å². The molecule has 0 bridgehead atoms. The third-order valence-electron chi connectivity index (χ3n) is 15.5. The quantitative estimate of drug-likeness (QED) is 0.173. The summed E-state index contributed by atoms with van der Waals surface area (Å²) in [4.78, 5) is 3.86. The van der Waals surface area contributed by atoms with E-state index in [1.54, 1.807) is 34.0 Å². The molecule has 0 spiro atoms. The van der Waals surface area contributed by atoms with Crippen molar-refractivity contribution in [3.63, 3.8) is 0 Å². The maximum Gasteiger partial charge on any atom is 0.197 e. The van der Waals surface area contributed by atoms with E-state index in [0.717, 1.165) is 49.9 Å². The molecule has 0 aliphatic rings. The largest absolute Gasteiger partial charge is 0.452 e. The number of hydrogen-bond acceptors (Lipinski definition) is 9. The summed E-state index contributed by atoms with van der Waals surface area (Å²) in [5.74, 6) is 0. The van der Waals surface area contributed by atoms with Gasteiger partial charge in [-0.2, -0.15) is 0 Å². The van der Waals surface area contributed by atoms with Crippen molar-refractivity contribution < 1.29 is 13.3 Å². The molecule has 18 aromatic rings. The fourth-order valence-electron chi connectivity index (χ4n) is 12.2. The van der Waals surface area contributed by atoms with Gasteiger partial charge in [0.05, 0.1) is 56.6 Å². The van der Waals surface area contributed by atoms with Crippen molar-refractivity contribution in [2.24, 2.45) is 14.1 Å². The summed E-state index contributed by atoms with van der Waals surface area (Å²) in [6.07, 6.45) is 0. The first-order valence-electron chi connectivity index (χ1n) is 25.0. The Hall–Kier alpha value is -7.10. The molecule has 18 rings (SSSR count). The van der Waals surface area contributed by atoms with Crippen LogP contribution in [-0.2, 0) is 14.1 Å². The minimum absolute atomic E-state index is 0.832. The molecule has 0 saturated carbocycles. The van der Waals surface area contributed by atoms with Crippen molar-refractivity contribution in [3.8, 4) is 10.7 Å². The number of nitrogens with zero attached hydrogens (tertiary/aromatic N) is 4. The van der Waals surface area contributed by atoms with Crippen molar-refractivity contribution in [3.05, 3.63) is 141 Å². The number of fused-ring (bicyclic) bond motifs is 24. The zero-order valence-corrected chi connectivity index (χ0v) is 46.8. The predicted molar refractivity (Wildman–Crippen MR) is 327 cm³/mol. The van der Waals surface area contributed by atoms with Gasteiger partial charge in [-0.25, -0.2) is 0 Å². The lowest BCUT2D eigenvalue weighted by Gasteiger charge is -2.10. The Balaban J connectivity index is 0.000000125. The van der Waals surface area contributed by atoms with Crippen LogP contribution in [-0.4, -0.2) is 18.3 Å². The lowest BCUT2D eigenvalue weighted by Crippen LogP contribution is -1.94. The van der Waals surface area contributed by atoms with Gasteiger partial charge in [-0.3, -0.25) is 4.57 Å². The molecule has 0 atom stereocenters. The molecule has 0 aliphatic heterocycles. The van der Waals surface area contributed by atoms with Crippen LogP contribution >= 0.6 is 68.0 Å². The van der Waals surface area contributed by atoms with Crippen LogP contribution in [0.4, 0.5) is 0 Å². The Morgan fingerprint density at radius 1 is 0.333 bits per heavy atom. The van der Waals surface area contributed by atoms with Crippen molar-refractivity contribution in [2.45, 2.75) is 41.5 Å². The second-order valence-corrected chi connectivity index (χ2v) is 27.5. The summed E-state index contributed by atoms with van der Waals surface area (Å²) >= 11 is 11.1. The number of hydrogen-bond donors (Lipinski definition) is 0. The molecule has 0 amide bonds. The highest BCUT2D eigenvalue weighted by molar-refractivity contribution is 7.28. The molecule has 75 heavy (non-hydrogen) atoms. The van der Waals surface area contributed by atoms with Crippen molar-refractivity contribution >= 4 is 216 Å². The van der Waals surface area contributed by atoms with E-state index in [9.17, 15) is 0 Å². The molecule has 0 unspecified atom stereocenters. The van der Waals surface area contributed by atoms with Gasteiger partial charge in [0, 0.05) is 80.8 Å². The van der Waals surface area contributed by atoms with Crippen molar-refractivity contribution in [2.75, 3.05) is 0 Å². The van der Waals surface area contributed by atoms with Gasteiger partial charge < -0.3 is 27.0 Å². The normalized spacial score (nSPS) is 12.8. The molecule has 0 fully saturated rings. The average Bonchev–Trinajstić information content (AvgIpc) is 4.28. The highest BCUT2D eigenvalue weighted by Crippen LogP contribution is 2.51. The molecule has 364 valence electrons. The summed E-state index contributed by atoms with van der Waals surface area (Å²) in [7, 11) is 4.25. The van der Waals surface area contributed by atoms with E-state index < -0.39 is 0 Å². The van der Waals surface area contributed by atoms with Crippen LogP contribution in [0.5, 0.6) is 0 Å². The molecular weight excluding hydrogens is 1040 g/mol. The number of thiophene rings is 6. The van der Waals surface area contributed by atoms with Gasteiger partial charge in [0.15, 0.2) is 16.7 Å². The Morgan fingerprint density at radius 3 is 1.63 bits per heavy atom. The lowest BCUT2D eigenvalue weighted by molar-refractivity contribution is 0.635. The molecular formula is C62H42N4O3S6. The second kappa shape index (κ2) is 14.8. The Labute approximate surface area is 450 Å². The molecule has 0 radical (unpaired) electrons. The van der Waals surface area contributed by atoms with Crippen LogP contribution in [0, 0.1) is 41.5 Å². The molecule has 13 heteroatoms. The summed E-state index contributed by atoms with van der Waals surface area (Å²) in [6, 6.07) is 41.0. The van der Waals surface area contributed by atoms with E-state index in [0.29, 0.717) is 0 Å². The van der Waals surface area contributed by atoms with E-state index in [2.05, 4.69) is 183 Å². The maximum absolute atomic E-state index is 6.48. The van der Waals surface area contributed by atoms with Crippen LogP contribution in [0.15, 0.2) is 122 Å².